The lowest BCUT2D eigenvalue weighted by molar-refractivity contribution is 0.134. The van der Waals surface area contributed by atoms with Gasteiger partial charge in [0.25, 0.3) is 0 Å². The second kappa shape index (κ2) is 6.52. The second-order valence-corrected chi connectivity index (χ2v) is 7.22. The Morgan fingerprint density at radius 1 is 1.20 bits per heavy atom. The Bertz CT molecular complexity index is 747. The van der Waals surface area contributed by atoms with Crippen molar-refractivity contribution in [3.63, 3.8) is 0 Å². The summed E-state index contributed by atoms with van der Waals surface area (Å²) in [6.07, 6.45) is 5.33. The van der Waals surface area contributed by atoms with Crippen molar-refractivity contribution < 1.29 is 4.74 Å². The molecule has 0 amide bonds. The molecule has 0 unspecified atom stereocenters. The fourth-order valence-corrected chi connectivity index (χ4v) is 3.92. The van der Waals surface area contributed by atoms with Crippen LogP contribution in [0.3, 0.4) is 0 Å². The van der Waals surface area contributed by atoms with Crippen LogP contribution < -0.4 is 16.0 Å². The van der Waals surface area contributed by atoms with E-state index in [1.165, 1.54) is 30.5 Å². The Kier molecular flexibility index (Phi) is 4.21. The maximum absolute atomic E-state index is 5.71. The van der Waals surface area contributed by atoms with Crippen molar-refractivity contribution in [1.82, 2.24) is 9.97 Å². The molecule has 2 fully saturated rings. The number of anilines is 4. The lowest BCUT2D eigenvalue weighted by Gasteiger charge is -2.40. The molecule has 1 spiro atoms. The predicted octanol–water partition coefficient (Wildman–Crippen LogP) is 3.12. The van der Waals surface area contributed by atoms with Crippen molar-refractivity contribution in [3.05, 3.63) is 36.0 Å². The Morgan fingerprint density at radius 2 is 2.04 bits per heavy atom. The Hall–Kier alpha value is -2.34. The highest BCUT2D eigenvalue weighted by Gasteiger charge is 2.38. The van der Waals surface area contributed by atoms with E-state index < -0.39 is 0 Å². The molecule has 0 bridgehead atoms. The molecular formula is C19H25N5O. The molecule has 1 aromatic heterocycles. The van der Waals surface area contributed by atoms with Crippen LogP contribution in [0.1, 0.15) is 24.8 Å². The number of nitrogen functional groups attached to an aromatic ring is 1. The molecule has 0 atom stereocenters. The van der Waals surface area contributed by atoms with Crippen LogP contribution in [-0.2, 0) is 4.74 Å². The van der Waals surface area contributed by atoms with Crippen molar-refractivity contribution in [2.75, 3.05) is 42.3 Å². The van der Waals surface area contributed by atoms with Crippen LogP contribution in [0.5, 0.6) is 0 Å². The number of piperidine rings is 1. The Morgan fingerprint density at radius 3 is 2.72 bits per heavy atom. The van der Waals surface area contributed by atoms with Gasteiger partial charge in [-0.2, -0.15) is 4.98 Å². The van der Waals surface area contributed by atoms with Gasteiger partial charge in [-0.05, 0) is 61.4 Å². The fraction of sp³-hybridized carbons (Fsp3) is 0.474. The number of nitrogens with one attached hydrogen (secondary N) is 1. The SMILES string of the molecule is Cc1cc(Nc2nccc(N)n2)ccc1N1CCC2(CCOC2)CC1. The topological polar surface area (TPSA) is 76.3 Å². The second-order valence-electron chi connectivity index (χ2n) is 7.22. The molecule has 2 aromatic rings. The molecule has 25 heavy (non-hydrogen) atoms. The molecule has 6 heteroatoms. The minimum Gasteiger partial charge on any atom is -0.384 e. The van der Waals surface area contributed by atoms with Crippen LogP contribution in [-0.4, -0.2) is 36.3 Å². The first kappa shape index (κ1) is 16.1. The molecule has 4 rings (SSSR count). The van der Waals surface area contributed by atoms with Gasteiger partial charge in [0, 0.05) is 37.3 Å². The van der Waals surface area contributed by atoms with Crippen LogP contribution in [0, 0.1) is 12.3 Å². The number of ether oxygens (including phenoxy) is 1. The monoisotopic (exact) mass is 339 g/mol. The molecule has 0 aliphatic carbocycles. The van der Waals surface area contributed by atoms with Gasteiger partial charge in [-0.3, -0.25) is 0 Å². The van der Waals surface area contributed by atoms with Gasteiger partial charge < -0.3 is 20.7 Å². The number of hydrogen-bond donors (Lipinski definition) is 2. The Balaban J connectivity index is 1.45. The van der Waals surface area contributed by atoms with Crippen molar-refractivity contribution in [2.45, 2.75) is 26.2 Å². The van der Waals surface area contributed by atoms with Gasteiger partial charge in [0.05, 0.1) is 6.61 Å². The smallest absolute Gasteiger partial charge is 0.229 e. The van der Waals surface area contributed by atoms with E-state index in [1.807, 2.05) is 0 Å². The van der Waals surface area contributed by atoms with E-state index in [2.05, 4.69) is 45.3 Å². The summed E-state index contributed by atoms with van der Waals surface area (Å²) in [6.45, 7) is 6.25. The Labute approximate surface area is 148 Å². The summed E-state index contributed by atoms with van der Waals surface area (Å²) in [5.74, 6) is 0.984. The third kappa shape index (κ3) is 3.39. The average Bonchev–Trinajstić information content (AvgIpc) is 3.04. The van der Waals surface area contributed by atoms with Crippen molar-refractivity contribution in [2.24, 2.45) is 5.41 Å². The molecule has 0 radical (unpaired) electrons. The van der Waals surface area contributed by atoms with Gasteiger partial charge >= 0.3 is 0 Å². The van der Waals surface area contributed by atoms with Gasteiger partial charge in [-0.25, -0.2) is 4.98 Å². The molecule has 3 heterocycles. The molecule has 132 valence electrons. The summed E-state index contributed by atoms with van der Waals surface area (Å²) in [4.78, 5) is 10.9. The molecule has 2 saturated heterocycles. The number of aromatic nitrogens is 2. The number of hydrogen-bond acceptors (Lipinski definition) is 6. The highest BCUT2D eigenvalue weighted by atomic mass is 16.5. The lowest BCUT2D eigenvalue weighted by Crippen LogP contribution is -2.40. The molecule has 0 saturated carbocycles. The van der Waals surface area contributed by atoms with Crippen LogP contribution in [0.2, 0.25) is 0 Å². The van der Waals surface area contributed by atoms with Crippen molar-refractivity contribution in [3.8, 4) is 0 Å². The molecule has 2 aliphatic rings. The summed E-state index contributed by atoms with van der Waals surface area (Å²) in [5, 5.41) is 3.22. The third-order valence-electron chi connectivity index (χ3n) is 5.48. The summed E-state index contributed by atoms with van der Waals surface area (Å²) in [7, 11) is 0. The zero-order chi connectivity index (χ0) is 17.3. The average molecular weight is 339 g/mol. The van der Waals surface area contributed by atoms with E-state index in [4.69, 9.17) is 10.5 Å². The summed E-state index contributed by atoms with van der Waals surface area (Å²) in [5.41, 5.74) is 9.69. The van der Waals surface area contributed by atoms with E-state index >= 15 is 0 Å². The first-order valence-corrected chi connectivity index (χ1v) is 8.93. The third-order valence-corrected chi connectivity index (χ3v) is 5.48. The van der Waals surface area contributed by atoms with E-state index in [9.17, 15) is 0 Å². The first-order chi connectivity index (χ1) is 12.1. The first-order valence-electron chi connectivity index (χ1n) is 8.93. The van der Waals surface area contributed by atoms with Crippen LogP contribution in [0.15, 0.2) is 30.5 Å². The summed E-state index contributed by atoms with van der Waals surface area (Å²) < 4.78 is 5.64. The van der Waals surface area contributed by atoms with Gasteiger partial charge in [0.1, 0.15) is 5.82 Å². The van der Waals surface area contributed by atoms with Gasteiger partial charge in [0.2, 0.25) is 5.95 Å². The number of rotatable bonds is 3. The van der Waals surface area contributed by atoms with E-state index in [0.717, 1.165) is 32.0 Å². The van der Waals surface area contributed by atoms with E-state index in [-0.39, 0.29) is 0 Å². The largest absolute Gasteiger partial charge is 0.384 e. The molecular weight excluding hydrogens is 314 g/mol. The van der Waals surface area contributed by atoms with E-state index in [0.29, 0.717) is 17.2 Å². The molecule has 1 aromatic carbocycles. The summed E-state index contributed by atoms with van der Waals surface area (Å²) in [6, 6.07) is 8.09. The van der Waals surface area contributed by atoms with Crippen LogP contribution >= 0.6 is 0 Å². The molecule has 6 nitrogen and oxygen atoms in total. The maximum atomic E-state index is 5.71. The van der Waals surface area contributed by atoms with Crippen LogP contribution in [0.25, 0.3) is 0 Å². The predicted molar refractivity (Wildman–Crippen MR) is 100 cm³/mol. The standard InChI is InChI=1S/C19H25N5O/c1-14-12-15(22-18-21-8-4-17(20)23-18)2-3-16(14)24-9-5-19(6-10-24)7-11-25-13-19/h2-4,8,12H,5-7,9-11,13H2,1H3,(H3,20,21,22,23). The minimum atomic E-state index is 0.441. The van der Waals surface area contributed by atoms with E-state index in [1.54, 1.807) is 12.3 Å². The fourth-order valence-electron chi connectivity index (χ4n) is 3.92. The van der Waals surface area contributed by atoms with Crippen molar-refractivity contribution in [1.29, 1.82) is 0 Å². The molecule has 2 aliphatic heterocycles. The van der Waals surface area contributed by atoms with Crippen LogP contribution in [0.4, 0.5) is 23.1 Å². The number of aryl methyl sites for hydroxylation is 1. The van der Waals surface area contributed by atoms with Gasteiger partial charge in [0.15, 0.2) is 0 Å². The quantitative estimate of drug-likeness (QED) is 0.895. The maximum Gasteiger partial charge on any atom is 0.229 e. The number of benzene rings is 1. The zero-order valence-electron chi connectivity index (χ0n) is 14.7. The highest BCUT2D eigenvalue weighted by molar-refractivity contribution is 5.64. The normalized spacial score (nSPS) is 19.3. The lowest BCUT2D eigenvalue weighted by atomic mass is 9.78. The highest BCUT2D eigenvalue weighted by Crippen LogP contribution is 2.40. The minimum absolute atomic E-state index is 0.441. The zero-order valence-corrected chi connectivity index (χ0v) is 14.7. The van der Waals surface area contributed by atoms with Gasteiger partial charge in [-0.15, -0.1) is 0 Å². The number of nitrogens with zero attached hydrogens (tertiary/aromatic N) is 3. The summed E-state index contributed by atoms with van der Waals surface area (Å²) >= 11 is 0. The molecule has 3 N–H and O–H groups in total. The van der Waals surface area contributed by atoms with Gasteiger partial charge in [-0.1, -0.05) is 0 Å². The van der Waals surface area contributed by atoms with Crippen molar-refractivity contribution >= 4 is 23.1 Å². The number of nitrogens with two attached hydrogens (primary N) is 1.